The van der Waals surface area contributed by atoms with Gasteiger partial charge in [-0.3, -0.25) is 4.90 Å². The Kier molecular flexibility index (Phi) is 16.6. The maximum Gasteiger partial charge on any atom is 0.417 e. The van der Waals surface area contributed by atoms with Crippen molar-refractivity contribution in [1.82, 2.24) is 9.88 Å². The first-order valence-corrected chi connectivity index (χ1v) is 15.4. The number of anilines is 1. The van der Waals surface area contributed by atoms with Gasteiger partial charge in [0.2, 0.25) is 0 Å². The van der Waals surface area contributed by atoms with Gasteiger partial charge in [0.1, 0.15) is 5.82 Å². The largest absolute Gasteiger partial charge is 0.417 e. The molecule has 3 rings (SSSR count). The molecule has 1 aromatic heterocycles. The van der Waals surface area contributed by atoms with E-state index in [1.165, 1.54) is 18.7 Å². The summed E-state index contributed by atoms with van der Waals surface area (Å²) in [5.41, 5.74) is 1.98. The van der Waals surface area contributed by atoms with Gasteiger partial charge in [-0.15, -0.1) is 0 Å². The topological polar surface area (TPSA) is 53.5 Å². The summed E-state index contributed by atoms with van der Waals surface area (Å²) in [6, 6.07) is 9.16. The third-order valence-corrected chi connectivity index (χ3v) is 6.66. The molecule has 39 heavy (non-hydrogen) atoms. The van der Waals surface area contributed by atoms with E-state index in [-0.39, 0.29) is 4.90 Å². The minimum absolute atomic E-state index is 0.268. The Balaban J connectivity index is 0.00000189. The molecule has 0 aliphatic carbocycles. The summed E-state index contributed by atoms with van der Waals surface area (Å²) < 4.78 is 61.5. The SMILES string of the molecule is C=C(/C(=C\C)CN1CCN(c2ccc(C(F)(F)F)cn2)CC1)c1ccc(S(C)(=O)=O)cc1.CC.CC.CCC. The summed E-state index contributed by atoms with van der Waals surface area (Å²) in [6.07, 6.45) is 0.907. The molecular weight excluding hydrogens is 523 g/mol. The molecular formula is C30H46F3N3O2S. The number of hydrogen-bond acceptors (Lipinski definition) is 5. The first-order chi connectivity index (χ1) is 18.4. The number of piperazine rings is 1. The standard InChI is InChI=1S/C23H26F3N3O2S.C3H8.2C2H6/c1-4-18(17(2)19-5-8-21(9-6-19)32(3,30)31)16-28-11-13-29(14-12-28)22-10-7-20(15-27-22)23(24,25)26;1-3-2;2*1-2/h4-10,15H,2,11-14,16H2,1,3H3;3H2,1-2H3;2*1-2H3/b18-4-;;;. The Hall–Kier alpha value is -2.65. The molecule has 0 spiro atoms. The van der Waals surface area contributed by atoms with E-state index in [2.05, 4.69) is 30.3 Å². The van der Waals surface area contributed by atoms with Crippen molar-refractivity contribution in [3.05, 3.63) is 72.0 Å². The summed E-state index contributed by atoms with van der Waals surface area (Å²) in [5, 5.41) is 0. The molecule has 0 radical (unpaired) electrons. The highest BCUT2D eigenvalue weighted by molar-refractivity contribution is 7.90. The van der Waals surface area contributed by atoms with Crippen LogP contribution in [0.25, 0.3) is 5.57 Å². The quantitative estimate of drug-likeness (QED) is 0.333. The van der Waals surface area contributed by atoms with E-state index in [9.17, 15) is 21.6 Å². The Labute approximate surface area is 234 Å². The highest BCUT2D eigenvalue weighted by Crippen LogP contribution is 2.30. The normalized spacial score (nSPS) is 14.1. The van der Waals surface area contributed by atoms with Crippen LogP contribution < -0.4 is 4.90 Å². The lowest BCUT2D eigenvalue weighted by atomic mass is 9.98. The van der Waals surface area contributed by atoms with Crippen LogP contribution in [0.15, 0.2) is 65.7 Å². The summed E-state index contributed by atoms with van der Waals surface area (Å²) in [6.45, 7) is 21.8. The third-order valence-electron chi connectivity index (χ3n) is 5.53. The molecule has 1 aliphatic rings. The van der Waals surface area contributed by atoms with Crippen molar-refractivity contribution >= 4 is 21.2 Å². The van der Waals surface area contributed by atoms with Gasteiger partial charge in [-0.2, -0.15) is 13.2 Å². The summed E-state index contributed by atoms with van der Waals surface area (Å²) >= 11 is 0. The zero-order valence-corrected chi connectivity index (χ0v) is 25.6. The van der Waals surface area contributed by atoms with Gasteiger partial charge in [0, 0.05) is 45.2 Å². The average molecular weight is 570 g/mol. The van der Waals surface area contributed by atoms with Gasteiger partial charge in [-0.05, 0) is 47.9 Å². The fourth-order valence-corrected chi connectivity index (χ4v) is 4.20. The van der Waals surface area contributed by atoms with Gasteiger partial charge in [-0.1, -0.05) is 72.8 Å². The number of pyridine rings is 1. The number of allylic oxidation sites excluding steroid dienone is 1. The van der Waals surface area contributed by atoms with E-state index in [4.69, 9.17) is 0 Å². The number of nitrogens with zero attached hydrogens (tertiary/aromatic N) is 3. The van der Waals surface area contributed by atoms with E-state index >= 15 is 0 Å². The number of rotatable bonds is 6. The second-order valence-electron chi connectivity index (χ2n) is 8.46. The van der Waals surface area contributed by atoms with Crippen LogP contribution in [0.5, 0.6) is 0 Å². The van der Waals surface area contributed by atoms with Crippen LogP contribution in [-0.4, -0.2) is 57.3 Å². The average Bonchev–Trinajstić information content (AvgIpc) is 2.93. The van der Waals surface area contributed by atoms with Crippen molar-refractivity contribution in [2.75, 3.05) is 43.9 Å². The predicted molar refractivity (Wildman–Crippen MR) is 159 cm³/mol. The predicted octanol–water partition coefficient (Wildman–Crippen LogP) is 7.75. The fraction of sp³-hybridized carbons (Fsp3) is 0.500. The summed E-state index contributed by atoms with van der Waals surface area (Å²) in [5.74, 6) is 0.541. The van der Waals surface area contributed by atoms with Gasteiger partial charge in [0.15, 0.2) is 9.84 Å². The zero-order valence-electron chi connectivity index (χ0n) is 24.8. The Morgan fingerprint density at radius 3 is 1.87 bits per heavy atom. The molecule has 1 aromatic carbocycles. The molecule has 1 fully saturated rings. The first kappa shape index (κ1) is 36.4. The van der Waals surface area contributed by atoms with Gasteiger partial charge in [0.25, 0.3) is 0 Å². The second-order valence-corrected chi connectivity index (χ2v) is 10.5. The van der Waals surface area contributed by atoms with Crippen LogP contribution in [0, 0.1) is 0 Å². The molecule has 0 atom stereocenters. The minimum Gasteiger partial charge on any atom is -0.354 e. The lowest BCUT2D eigenvalue weighted by molar-refractivity contribution is -0.137. The molecule has 220 valence electrons. The number of alkyl halides is 3. The third kappa shape index (κ3) is 12.0. The lowest BCUT2D eigenvalue weighted by Gasteiger charge is -2.36. The van der Waals surface area contributed by atoms with Crippen molar-refractivity contribution in [2.24, 2.45) is 0 Å². The highest BCUT2D eigenvalue weighted by Gasteiger charge is 2.31. The monoisotopic (exact) mass is 569 g/mol. The van der Waals surface area contributed by atoms with Crippen molar-refractivity contribution in [3.8, 4) is 0 Å². The van der Waals surface area contributed by atoms with Crippen LogP contribution in [0.3, 0.4) is 0 Å². The molecule has 1 saturated heterocycles. The van der Waals surface area contributed by atoms with E-state index in [1.807, 2.05) is 45.6 Å². The van der Waals surface area contributed by atoms with Crippen molar-refractivity contribution in [2.45, 2.75) is 66.0 Å². The van der Waals surface area contributed by atoms with Crippen LogP contribution in [-0.2, 0) is 16.0 Å². The van der Waals surface area contributed by atoms with Crippen LogP contribution in [0.1, 0.15) is 66.0 Å². The number of halogens is 3. The van der Waals surface area contributed by atoms with Gasteiger partial charge >= 0.3 is 6.18 Å². The van der Waals surface area contributed by atoms with Crippen molar-refractivity contribution in [3.63, 3.8) is 0 Å². The van der Waals surface area contributed by atoms with E-state index in [0.29, 0.717) is 25.5 Å². The van der Waals surface area contributed by atoms with Crippen LogP contribution >= 0.6 is 0 Å². The molecule has 0 N–H and O–H groups in total. The highest BCUT2D eigenvalue weighted by atomic mass is 32.2. The molecule has 2 heterocycles. The van der Waals surface area contributed by atoms with Gasteiger partial charge in [0.05, 0.1) is 10.5 Å². The van der Waals surface area contributed by atoms with E-state index in [1.54, 1.807) is 24.3 Å². The molecule has 1 aliphatic heterocycles. The van der Waals surface area contributed by atoms with Crippen molar-refractivity contribution < 1.29 is 21.6 Å². The number of hydrogen-bond donors (Lipinski definition) is 0. The molecule has 2 aromatic rings. The van der Waals surface area contributed by atoms with Crippen molar-refractivity contribution in [1.29, 1.82) is 0 Å². The van der Waals surface area contributed by atoms with E-state index < -0.39 is 21.6 Å². The molecule has 5 nitrogen and oxygen atoms in total. The zero-order chi connectivity index (χ0) is 30.2. The molecule has 9 heteroatoms. The summed E-state index contributed by atoms with van der Waals surface area (Å²) in [7, 11) is -3.25. The minimum atomic E-state index is -4.39. The molecule has 0 bridgehead atoms. The van der Waals surface area contributed by atoms with Gasteiger partial charge in [-0.25, -0.2) is 13.4 Å². The molecule has 0 saturated carbocycles. The number of benzene rings is 1. The smallest absolute Gasteiger partial charge is 0.354 e. The molecule has 0 unspecified atom stereocenters. The van der Waals surface area contributed by atoms with Crippen LogP contribution in [0.4, 0.5) is 19.0 Å². The fourth-order valence-electron chi connectivity index (χ4n) is 3.57. The maximum atomic E-state index is 12.7. The Morgan fingerprint density at radius 2 is 1.49 bits per heavy atom. The van der Waals surface area contributed by atoms with Gasteiger partial charge < -0.3 is 4.90 Å². The van der Waals surface area contributed by atoms with Crippen LogP contribution in [0.2, 0.25) is 0 Å². The number of aromatic nitrogens is 1. The number of sulfone groups is 1. The Bertz CT molecular complexity index is 1100. The first-order valence-electron chi connectivity index (χ1n) is 13.6. The lowest BCUT2D eigenvalue weighted by Crippen LogP contribution is -2.47. The molecule has 0 amide bonds. The van der Waals surface area contributed by atoms with E-state index in [0.717, 1.165) is 42.1 Å². The Morgan fingerprint density at radius 1 is 0.974 bits per heavy atom. The maximum absolute atomic E-state index is 12.7. The second kappa shape index (κ2) is 17.8. The summed E-state index contributed by atoms with van der Waals surface area (Å²) in [4.78, 5) is 8.48.